The van der Waals surface area contributed by atoms with Crippen LogP contribution in [0.2, 0.25) is 0 Å². The largest absolute Gasteiger partial charge is 0.508 e. The van der Waals surface area contributed by atoms with Crippen LogP contribution in [-0.2, 0) is 54.7 Å². The Morgan fingerprint density at radius 2 is 0.840 bits per heavy atom. The third-order valence-electron chi connectivity index (χ3n) is 24.3. The van der Waals surface area contributed by atoms with Crippen molar-refractivity contribution in [1.82, 2.24) is 22.1 Å². The summed E-state index contributed by atoms with van der Waals surface area (Å²) in [4.78, 5) is 4.42. The van der Waals surface area contributed by atoms with E-state index in [2.05, 4.69) is 97.2 Å². The van der Waals surface area contributed by atoms with Crippen molar-refractivity contribution in [3.8, 4) is 17.2 Å². The Morgan fingerprint density at radius 3 is 1.27 bits per heavy atom. The third kappa shape index (κ3) is 34.0. The van der Waals surface area contributed by atoms with E-state index in [-0.39, 0.29) is 35.5 Å². The Kier molecular flexibility index (Phi) is 45.3. The molecule has 9 aromatic carbocycles. The molecule has 720 valence electrons. The number of nitrogens with zero attached hydrogens (tertiary/aromatic N) is 5. The lowest BCUT2D eigenvalue weighted by atomic mass is 9.96. The average Bonchev–Trinajstić information content (AvgIpc) is 1.74. The summed E-state index contributed by atoms with van der Waals surface area (Å²) >= 11 is 0. The minimum Gasteiger partial charge on any atom is -0.508 e. The van der Waals surface area contributed by atoms with E-state index in [9.17, 15) is 46.5 Å². The molecule has 0 amide bonds. The van der Waals surface area contributed by atoms with Gasteiger partial charge in [0.05, 0.1) is 63.7 Å². The van der Waals surface area contributed by atoms with Gasteiger partial charge < -0.3 is 29.0 Å². The molecule has 0 spiro atoms. The number of aliphatic hydroxyl groups is 1. The number of sulfone groups is 1. The topological polar surface area (TPSA) is 244 Å². The monoisotopic (exact) mass is 1900 g/mol. The first-order chi connectivity index (χ1) is 61.9. The zero-order valence-corrected chi connectivity index (χ0v) is 85.7. The second-order valence-corrected chi connectivity index (χ2v) is 44.8. The van der Waals surface area contributed by atoms with Gasteiger partial charge in [-0.05, 0) is 319 Å². The van der Waals surface area contributed by atoms with Crippen molar-refractivity contribution in [2.45, 2.75) is 244 Å². The van der Waals surface area contributed by atoms with Crippen molar-refractivity contribution < 1.29 is 70.5 Å². The van der Waals surface area contributed by atoms with Crippen molar-refractivity contribution in [3.05, 3.63) is 278 Å². The van der Waals surface area contributed by atoms with Gasteiger partial charge in [-0.2, -0.15) is 17.2 Å². The van der Waals surface area contributed by atoms with Crippen LogP contribution in [0, 0.1) is 108 Å². The molecule has 20 nitrogen and oxygen atoms in total. The van der Waals surface area contributed by atoms with Crippen LogP contribution in [0.5, 0.6) is 17.2 Å². The summed E-state index contributed by atoms with van der Waals surface area (Å²) in [5.74, 6) is 3.53. The van der Waals surface area contributed by atoms with Crippen LogP contribution >= 0.6 is 0 Å². The van der Waals surface area contributed by atoms with Crippen LogP contribution in [0.3, 0.4) is 0 Å². The van der Waals surface area contributed by atoms with Crippen LogP contribution in [-0.4, -0.2) is 181 Å². The second kappa shape index (κ2) is 53.5. The summed E-state index contributed by atoms with van der Waals surface area (Å²) < 4.78 is 163. The molecule has 131 heavy (non-hydrogen) atoms. The number of methoxy groups -OCH3 is 4. The van der Waals surface area contributed by atoms with Gasteiger partial charge in [0.15, 0.2) is 9.84 Å². The van der Waals surface area contributed by atoms with Crippen molar-refractivity contribution >= 4 is 55.7 Å². The van der Waals surface area contributed by atoms with Gasteiger partial charge in [-0.1, -0.05) is 175 Å². The second-order valence-electron chi connectivity index (χ2n) is 35.0. The molecule has 4 atom stereocenters. The molecule has 5 aliphatic rings. The lowest BCUT2D eigenvalue weighted by Crippen LogP contribution is -2.39. The van der Waals surface area contributed by atoms with Crippen LogP contribution in [0.15, 0.2) is 219 Å². The number of aryl methyl sites for hydroxylation is 12. The molecule has 5 saturated heterocycles. The molecule has 5 heterocycles. The van der Waals surface area contributed by atoms with Gasteiger partial charge >= 0.3 is 0 Å². The highest BCUT2D eigenvalue weighted by Crippen LogP contribution is 2.34. The minimum absolute atomic E-state index is 0.0266. The Hall–Kier alpha value is -8.64. The summed E-state index contributed by atoms with van der Waals surface area (Å²) in [6.07, 6.45) is 13.2. The van der Waals surface area contributed by atoms with Crippen molar-refractivity contribution in [3.63, 3.8) is 0 Å². The predicted molar refractivity (Wildman–Crippen MR) is 533 cm³/mol. The molecule has 0 bridgehead atoms. The molecular formula is C105H148FN5O15S5. The van der Waals surface area contributed by atoms with Crippen LogP contribution in [0.1, 0.15) is 189 Å². The van der Waals surface area contributed by atoms with E-state index in [1.807, 2.05) is 128 Å². The molecular weight excluding hydrogens is 1750 g/mol. The summed E-state index contributed by atoms with van der Waals surface area (Å²) in [5, 5.41) is 9.15. The predicted octanol–water partition coefficient (Wildman–Crippen LogP) is 22.1. The maximum absolute atomic E-state index is 12.7. The van der Waals surface area contributed by atoms with Crippen LogP contribution < -0.4 is 14.2 Å². The minimum atomic E-state index is -3.37. The molecule has 26 heteroatoms. The number of aliphatic hydroxyl groups excluding tert-OH is 1. The summed E-state index contributed by atoms with van der Waals surface area (Å²) in [6, 6.07) is 56.7. The molecule has 0 aromatic heterocycles. The Morgan fingerprint density at radius 1 is 0.412 bits per heavy atom. The maximum Gasteiger partial charge on any atom is 0.243 e. The Labute approximate surface area is 787 Å². The van der Waals surface area contributed by atoms with E-state index in [1.54, 1.807) is 124 Å². The summed E-state index contributed by atoms with van der Waals surface area (Å²) in [7, 11) is -9.94. The molecule has 14 rings (SSSR count). The zero-order chi connectivity index (χ0) is 97.1. The highest BCUT2D eigenvalue weighted by atomic mass is 32.2. The lowest BCUT2D eigenvalue weighted by Gasteiger charge is -2.31. The standard InChI is InChI=1S/3C14H21NO2S.C13H19NO3S.C13H19NO2S.C10H12O2.C10H14O.C9H12.C8H9FO/c1-13-5-7-14(8-6-13)18(16,17)12-4-11-15-9-2-3-10-15;1-3-13-8-10-15(11-9-13)18(16,17)14-6-4-12(2)5-7-14;1-3-13-5-4-10-15(11-13)18(16,17)14-8-6-12(2)7-9-14;1-11-5-7-13(8-6-11)18(15,16)14-9-3-4-12(14)10-17-2;1-10-4-8-13(9-5-10)17(15,16)14-11(2)6-7-12(14)3;1-7-4-5-9(8(2)11)10(6-7)12-3;1-7-5-8(2)10(11-4)9(3)6-7;1-7-4-5-8(2)9(3)6-7;1-6-7(9)4-3-5-8(6)10-2/h5-8H,2-4,9-12H2,1H3;4-7,13H,3,8-11H2,1-2H3;6-9,13H,3-5,10-11H2,1-2H3;5-8,12H,3-4,9-10H2,1-2H3;4-5,8-9,11-12H,6-7H2,1-3H3;4-6,11H,2H2,1,3H3;5-6H,1-4H3;4-6H,1-3H3;3-5H,1-2H3. The average molecular weight is 1900 g/mol. The first-order valence-corrected chi connectivity index (χ1v) is 53.1. The Bertz CT molecular complexity index is 5600. The Balaban J connectivity index is 0.000000229. The quantitative estimate of drug-likeness (QED) is 0.0657. The van der Waals surface area contributed by atoms with Gasteiger partial charge in [0, 0.05) is 63.5 Å². The van der Waals surface area contributed by atoms with E-state index in [1.165, 1.54) is 59.4 Å². The van der Waals surface area contributed by atoms with E-state index in [4.69, 9.17) is 24.1 Å². The molecule has 9 aromatic rings. The number of hydrogen-bond donors (Lipinski definition) is 1. The molecule has 5 aliphatic heterocycles. The molecule has 1 N–H and O–H groups in total. The van der Waals surface area contributed by atoms with Gasteiger partial charge in [0.2, 0.25) is 40.1 Å². The van der Waals surface area contributed by atoms with Gasteiger partial charge in [-0.3, -0.25) is 0 Å². The van der Waals surface area contributed by atoms with E-state index in [0.717, 1.165) is 129 Å². The number of ether oxygens (including phenoxy) is 4. The first-order valence-electron chi connectivity index (χ1n) is 45.7. The van der Waals surface area contributed by atoms with Crippen molar-refractivity contribution in [2.24, 2.45) is 11.8 Å². The van der Waals surface area contributed by atoms with Crippen LogP contribution in [0.4, 0.5) is 4.39 Å². The molecule has 0 saturated carbocycles. The molecule has 0 radical (unpaired) electrons. The maximum atomic E-state index is 12.7. The van der Waals surface area contributed by atoms with Gasteiger partial charge in [0.25, 0.3) is 0 Å². The molecule has 0 aliphatic carbocycles. The number of likely N-dealkylation sites (tertiary alicyclic amines) is 1. The highest BCUT2D eigenvalue weighted by molar-refractivity contribution is 7.91. The van der Waals surface area contributed by atoms with E-state index >= 15 is 0 Å². The fraction of sp³-hybridized carbons (Fsp3) is 0.467. The number of benzene rings is 9. The first kappa shape index (κ1) is 111. The molecule has 5 fully saturated rings. The highest BCUT2D eigenvalue weighted by Gasteiger charge is 2.39. The summed E-state index contributed by atoms with van der Waals surface area (Å²) in [6.45, 7) is 44.6. The van der Waals surface area contributed by atoms with Gasteiger partial charge in [-0.25, -0.2) is 46.5 Å². The SMILES string of the molecule is C=C(O)c1ccc(C)cc1OC.CCC1CCCN(S(=O)(=O)c2ccc(C)cc2)C1.CCC1CCN(S(=O)(=O)c2ccc(C)cc2)CC1.COCC1CCCN1S(=O)(=O)c1ccc(C)cc1.COc1c(C)cc(C)cc1C.COc1cccc(F)c1C.Cc1ccc(C)c(C)c1.Cc1ccc(S(=O)(=O)CCCN2CCCC2)cc1.Cc1ccc(S(=O)(=O)N2C(C)CCC2C)cc1. The fourth-order valence-corrected chi connectivity index (χ4v) is 24.1. The smallest absolute Gasteiger partial charge is 0.243 e. The zero-order valence-electron chi connectivity index (χ0n) is 81.6. The fourth-order valence-electron chi connectivity index (χ4n) is 16.2. The van der Waals surface area contributed by atoms with E-state index in [0.29, 0.717) is 98.3 Å². The van der Waals surface area contributed by atoms with E-state index < -0.39 is 49.9 Å². The lowest BCUT2D eigenvalue weighted by molar-refractivity contribution is 0.149. The van der Waals surface area contributed by atoms with Gasteiger partial charge in [-0.15, -0.1) is 0 Å². The van der Waals surface area contributed by atoms with Crippen LogP contribution in [0.25, 0.3) is 5.76 Å². The molecule has 4 unspecified atom stereocenters. The normalized spacial score (nSPS) is 17.4. The third-order valence-corrected chi connectivity index (χ3v) is 34.1. The van der Waals surface area contributed by atoms with Crippen molar-refractivity contribution in [1.29, 1.82) is 0 Å². The number of hydrogen-bond acceptors (Lipinski definition) is 16. The van der Waals surface area contributed by atoms with Gasteiger partial charge in [0.1, 0.15) is 28.8 Å². The number of rotatable bonds is 21. The summed E-state index contributed by atoms with van der Waals surface area (Å²) in [5.41, 5.74) is 15.5. The number of piperidine rings is 2. The number of sulfonamides is 4. The number of halogens is 1. The van der Waals surface area contributed by atoms with Crippen molar-refractivity contribution in [2.75, 3.05) is 93.2 Å².